The number of hydrogen-bond donors (Lipinski definition) is 2. The molecule has 1 aliphatic heterocycles. The molecule has 6 nitrogen and oxygen atoms in total. The van der Waals surface area contributed by atoms with E-state index in [2.05, 4.69) is 51.5 Å². The number of nitrogens with zero attached hydrogens (tertiary/aromatic N) is 2. The number of halogens is 3. The number of carboxylic acid groups (broad SMARTS) is 1. The molecule has 4 rings (SSSR count). The quantitative estimate of drug-likeness (QED) is 0.667. The lowest BCUT2D eigenvalue weighted by atomic mass is 10.0. The highest BCUT2D eigenvalue weighted by atomic mass is 32.1. The normalized spacial score (nSPS) is 18.8. The van der Waals surface area contributed by atoms with Crippen molar-refractivity contribution in [1.29, 1.82) is 0 Å². The van der Waals surface area contributed by atoms with Gasteiger partial charge in [0.15, 0.2) is 0 Å². The van der Waals surface area contributed by atoms with Crippen LogP contribution in [0.1, 0.15) is 35.4 Å². The first-order valence-electron chi connectivity index (χ1n) is 10.6. The molecule has 3 heterocycles. The van der Waals surface area contributed by atoms with Crippen LogP contribution in [0.4, 0.5) is 13.2 Å². The molecule has 1 aliphatic carbocycles. The zero-order chi connectivity index (χ0) is 23.3. The summed E-state index contributed by atoms with van der Waals surface area (Å²) in [6, 6.07) is 6.53. The number of aromatic nitrogens is 1. The van der Waals surface area contributed by atoms with Gasteiger partial charge in [0.2, 0.25) is 5.91 Å². The van der Waals surface area contributed by atoms with Crippen molar-refractivity contribution in [2.75, 3.05) is 13.1 Å². The van der Waals surface area contributed by atoms with Gasteiger partial charge in [0.25, 0.3) is 0 Å². The Kier molecular flexibility index (Phi) is 8.00. The molecule has 2 aromatic heterocycles. The van der Waals surface area contributed by atoms with Crippen molar-refractivity contribution < 1.29 is 27.9 Å². The highest BCUT2D eigenvalue weighted by Gasteiger charge is 2.38. The van der Waals surface area contributed by atoms with Gasteiger partial charge >= 0.3 is 12.1 Å². The van der Waals surface area contributed by atoms with E-state index in [0.717, 1.165) is 38.6 Å². The Bertz CT molecular complexity index is 921. The van der Waals surface area contributed by atoms with Crippen LogP contribution in [0.5, 0.6) is 0 Å². The van der Waals surface area contributed by atoms with Crippen LogP contribution in [-0.2, 0) is 29.2 Å². The molecule has 1 atom stereocenters. The zero-order valence-electron chi connectivity index (χ0n) is 17.9. The van der Waals surface area contributed by atoms with E-state index < -0.39 is 12.1 Å². The molecule has 176 valence electrons. The molecule has 2 aliphatic rings. The monoisotopic (exact) mass is 471 g/mol. The molecule has 10 heteroatoms. The molecular formula is C22H28F3N3O3S. The van der Waals surface area contributed by atoms with Gasteiger partial charge in [-0.25, -0.2) is 4.79 Å². The molecule has 0 spiro atoms. The third kappa shape index (κ3) is 7.37. The number of carbonyl (C=O) groups excluding carboxylic acids is 1. The van der Waals surface area contributed by atoms with Crippen LogP contribution in [0.3, 0.4) is 0 Å². The molecule has 2 N–H and O–H groups in total. The van der Waals surface area contributed by atoms with Crippen LogP contribution >= 0.6 is 11.3 Å². The molecule has 0 saturated heterocycles. The molecule has 2 aromatic rings. The van der Waals surface area contributed by atoms with Gasteiger partial charge in [-0.3, -0.25) is 9.69 Å². The molecule has 1 unspecified atom stereocenters. The van der Waals surface area contributed by atoms with Gasteiger partial charge < -0.3 is 15.0 Å². The summed E-state index contributed by atoms with van der Waals surface area (Å²) in [6.07, 6.45) is 0.267. The van der Waals surface area contributed by atoms with E-state index >= 15 is 0 Å². The van der Waals surface area contributed by atoms with Gasteiger partial charge in [-0.2, -0.15) is 13.2 Å². The van der Waals surface area contributed by atoms with Crippen molar-refractivity contribution in [1.82, 2.24) is 14.8 Å². The molecule has 1 fully saturated rings. The van der Waals surface area contributed by atoms with Crippen molar-refractivity contribution >= 4 is 23.2 Å². The average molecular weight is 472 g/mol. The van der Waals surface area contributed by atoms with Gasteiger partial charge in [-0.15, -0.1) is 11.3 Å². The van der Waals surface area contributed by atoms with Crippen molar-refractivity contribution in [2.24, 2.45) is 11.8 Å². The second kappa shape index (κ2) is 10.5. The van der Waals surface area contributed by atoms with E-state index in [1.54, 1.807) is 0 Å². The number of aryl methyl sites for hydroxylation is 1. The molecule has 1 saturated carbocycles. The number of rotatable bonds is 6. The molecule has 32 heavy (non-hydrogen) atoms. The first kappa shape index (κ1) is 24.3. The summed E-state index contributed by atoms with van der Waals surface area (Å²) in [5.74, 6) is -1.42. The van der Waals surface area contributed by atoms with E-state index in [1.807, 2.05) is 11.3 Å². The Morgan fingerprint density at radius 1 is 1.22 bits per heavy atom. The maximum absolute atomic E-state index is 12.3. The van der Waals surface area contributed by atoms with Crippen molar-refractivity contribution in [3.63, 3.8) is 0 Å². The van der Waals surface area contributed by atoms with E-state index in [9.17, 15) is 18.0 Å². The van der Waals surface area contributed by atoms with Crippen LogP contribution < -0.4 is 5.32 Å². The summed E-state index contributed by atoms with van der Waals surface area (Å²) in [5, 5.41) is 12.4. The zero-order valence-corrected chi connectivity index (χ0v) is 18.7. The fourth-order valence-electron chi connectivity index (χ4n) is 3.70. The summed E-state index contributed by atoms with van der Waals surface area (Å²) in [5.41, 5.74) is 2.73. The number of alkyl halides is 3. The first-order valence-corrected chi connectivity index (χ1v) is 11.5. The Balaban J connectivity index is 0.000000360. The highest BCUT2D eigenvalue weighted by Crippen LogP contribution is 2.28. The number of carbonyl (C=O) groups is 2. The molecule has 0 bridgehead atoms. The van der Waals surface area contributed by atoms with E-state index in [0.29, 0.717) is 12.3 Å². The Morgan fingerprint density at radius 3 is 2.53 bits per heavy atom. The first-order chi connectivity index (χ1) is 15.1. The van der Waals surface area contributed by atoms with Gasteiger partial charge in [0.1, 0.15) is 0 Å². The smallest absolute Gasteiger partial charge is 0.475 e. The lowest BCUT2D eigenvalue weighted by molar-refractivity contribution is -0.192. The predicted molar refractivity (Wildman–Crippen MR) is 115 cm³/mol. The number of amides is 1. The Hall–Kier alpha value is -2.33. The number of fused-ring (bicyclic) bond motifs is 1. The van der Waals surface area contributed by atoms with Crippen LogP contribution in [0.2, 0.25) is 0 Å². The molecular weight excluding hydrogens is 443 g/mol. The van der Waals surface area contributed by atoms with Crippen molar-refractivity contribution in [2.45, 2.75) is 52.0 Å². The SMILES string of the molecule is Cc1ccsc1CN1Cc2cccn2CC(CC(=O)NCC2CC2)C1.O=C(O)C(F)(F)F. The lowest BCUT2D eigenvalue weighted by Crippen LogP contribution is -2.33. The predicted octanol–water partition coefficient (Wildman–Crippen LogP) is 4.04. The van der Waals surface area contributed by atoms with Crippen molar-refractivity contribution in [3.8, 4) is 0 Å². The van der Waals surface area contributed by atoms with Crippen LogP contribution in [0.25, 0.3) is 0 Å². The topological polar surface area (TPSA) is 74.6 Å². The maximum Gasteiger partial charge on any atom is 0.490 e. The number of hydrogen-bond acceptors (Lipinski definition) is 4. The summed E-state index contributed by atoms with van der Waals surface area (Å²) in [6.45, 7) is 6.93. The number of thiophene rings is 1. The number of aliphatic carboxylic acids is 1. The minimum Gasteiger partial charge on any atom is -0.475 e. The Morgan fingerprint density at radius 2 is 1.94 bits per heavy atom. The van der Waals surface area contributed by atoms with Crippen molar-refractivity contribution in [3.05, 3.63) is 45.9 Å². The van der Waals surface area contributed by atoms with Gasteiger partial charge in [0, 0.05) is 55.9 Å². The second-order valence-electron chi connectivity index (χ2n) is 8.47. The maximum atomic E-state index is 12.3. The largest absolute Gasteiger partial charge is 0.490 e. The summed E-state index contributed by atoms with van der Waals surface area (Å²) in [4.78, 5) is 25.2. The molecule has 0 radical (unpaired) electrons. The van der Waals surface area contributed by atoms with Crippen LogP contribution in [0.15, 0.2) is 29.8 Å². The second-order valence-corrected chi connectivity index (χ2v) is 9.47. The standard InChI is InChI=1S/C20H27N3OS.C2HF3O2/c1-15-6-8-25-19(15)14-22-11-17(9-20(24)21-10-16-4-5-16)12-23-7-2-3-18(23)13-22;3-2(4,5)1(6)7/h2-3,6-8,16-17H,4-5,9-14H2,1H3,(H,21,24);(H,6,7). The van der Waals surface area contributed by atoms with Gasteiger partial charge in [0.05, 0.1) is 0 Å². The van der Waals surface area contributed by atoms with E-state index in [1.165, 1.54) is 29.0 Å². The summed E-state index contributed by atoms with van der Waals surface area (Å²) < 4.78 is 34.1. The molecule has 0 aromatic carbocycles. The minimum absolute atomic E-state index is 0.222. The summed E-state index contributed by atoms with van der Waals surface area (Å²) >= 11 is 1.84. The Labute approximate surface area is 189 Å². The van der Waals surface area contributed by atoms with Gasteiger partial charge in [-0.1, -0.05) is 0 Å². The number of nitrogens with one attached hydrogen (secondary N) is 1. The summed E-state index contributed by atoms with van der Waals surface area (Å²) in [7, 11) is 0. The fourth-order valence-corrected chi connectivity index (χ4v) is 4.65. The highest BCUT2D eigenvalue weighted by molar-refractivity contribution is 7.10. The minimum atomic E-state index is -5.08. The number of carboxylic acids is 1. The van der Waals surface area contributed by atoms with Gasteiger partial charge in [-0.05, 0) is 60.7 Å². The third-order valence-corrected chi connectivity index (χ3v) is 6.62. The van der Waals surface area contributed by atoms with Crippen LogP contribution in [0, 0.1) is 18.8 Å². The third-order valence-electron chi connectivity index (χ3n) is 5.62. The van der Waals surface area contributed by atoms with Crippen LogP contribution in [-0.4, -0.2) is 45.7 Å². The lowest BCUT2D eigenvalue weighted by Gasteiger charge is -2.23. The fraction of sp³-hybridized carbons (Fsp3) is 0.545. The van der Waals surface area contributed by atoms with E-state index in [-0.39, 0.29) is 5.91 Å². The average Bonchev–Trinajstić information content (AvgIpc) is 3.36. The van der Waals surface area contributed by atoms with E-state index in [4.69, 9.17) is 9.90 Å². The molecule has 1 amide bonds.